The van der Waals surface area contributed by atoms with Gasteiger partial charge in [-0.15, -0.1) is 11.3 Å². The number of hydrogen-bond acceptors (Lipinski definition) is 4. The zero-order valence-corrected chi connectivity index (χ0v) is 14.0. The summed E-state index contributed by atoms with van der Waals surface area (Å²) in [5.74, 6) is -0.160. The van der Waals surface area contributed by atoms with Gasteiger partial charge < -0.3 is 9.64 Å². The molecule has 0 aromatic carbocycles. The van der Waals surface area contributed by atoms with Crippen LogP contribution in [0.2, 0.25) is 0 Å². The lowest BCUT2D eigenvalue weighted by molar-refractivity contribution is -0.144. The third-order valence-corrected chi connectivity index (χ3v) is 5.64. The molecule has 0 bridgehead atoms. The summed E-state index contributed by atoms with van der Waals surface area (Å²) in [6.07, 6.45) is 0.375. The highest BCUT2D eigenvalue weighted by Gasteiger charge is 2.21. The number of halogens is 2. The van der Waals surface area contributed by atoms with Crippen LogP contribution in [0.15, 0.2) is 14.3 Å². The Morgan fingerprint density at radius 1 is 1.53 bits per heavy atom. The Hall–Kier alpha value is 0.0900. The fourth-order valence-corrected chi connectivity index (χ4v) is 3.73. The molecule has 1 aromatic heterocycles. The first-order chi connectivity index (χ1) is 7.95. The van der Waals surface area contributed by atoms with E-state index in [1.807, 2.05) is 32.0 Å². The Labute approximate surface area is 122 Å². The molecular formula is C11H15Br2NO2S. The first kappa shape index (κ1) is 15.1. The Morgan fingerprint density at radius 3 is 2.59 bits per heavy atom. The summed E-state index contributed by atoms with van der Waals surface area (Å²) in [6, 6.07) is 2.10. The van der Waals surface area contributed by atoms with Crippen LogP contribution < -0.4 is 0 Å². The van der Waals surface area contributed by atoms with Crippen LogP contribution in [-0.4, -0.2) is 31.6 Å². The first-order valence-electron chi connectivity index (χ1n) is 5.22. The van der Waals surface area contributed by atoms with Crippen molar-refractivity contribution in [1.29, 1.82) is 0 Å². The van der Waals surface area contributed by atoms with Gasteiger partial charge in [-0.3, -0.25) is 4.79 Å². The second-order valence-corrected chi connectivity index (χ2v) is 7.01. The number of hydrogen-bond donors (Lipinski definition) is 0. The number of carbonyl (C=O) groups excluding carboxylic acids is 1. The van der Waals surface area contributed by atoms with Crippen molar-refractivity contribution in [2.45, 2.75) is 19.4 Å². The Kier molecular flexibility index (Phi) is 6.12. The van der Waals surface area contributed by atoms with Crippen molar-refractivity contribution in [2.75, 3.05) is 20.7 Å². The fourth-order valence-electron chi connectivity index (χ4n) is 1.44. The van der Waals surface area contributed by atoms with Gasteiger partial charge in [0.25, 0.3) is 0 Å². The molecule has 0 radical (unpaired) electrons. The van der Waals surface area contributed by atoms with Gasteiger partial charge in [0, 0.05) is 9.35 Å². The van der Waals surface area contributed by atoms with Crippen LogP contribution in [0.4, 0.5) is 0 Å². The summed E-state index contributed by atoms with van der Waals surface area (Å²) < 4.78 is 7.06. The second kappa shape index (κ2) is 6.87. The molecule has 0 aliphatic rings. The number of thiophene rings is 1. The number of esters is 1. The van der Waals surface area contributed by atoms with Crippen LogP contribution in [0.1, 0.15) is 24.3 Å². The van der Waals surface area contributed by atoms with Crippen LogP contribution >= 0.6 is 43.2 Å². The van der Waals surface area contributed by atoms with E-state index in [9.17, 15) is 4.79 Å². The van der Waals surface area contributed by atoms with Gasteiger partial charge in [0.1, 0.15) is 0 Å². The third-order valence-electron chi connectivity index (χ3n) is 2.28. The molecule has 1 heterocycles. The summed E-state index contributed by atoms with van der Waals surface area (Å²) in [6.45, 7) is 2.25. The fraction of sp³-hybridized carbons (Fsp3) is 0.545. The van der Waals surface area contributed by atoms with E-state index >= 15 is 0 Å². The monoisotopic (exact) mass is 383 g/mol. The topological polar surface area (TPSA) is 29.5 Å². The summed E-state index contributed by atoms with van der Waals surface area (Å²) in [5.41, 5.74) is 0. The molecule has 0 aliphatic heterocycles. The van der Waals surface area contributed by atoms with Crippen LogP contribution in [-0.2, 0) is 9.53 Å². The molecule has 3 nitrogen and oxygen atoms in total. The van der Waals surface area contributed by atoms with E-state index < -0.39 is 0 Å². The van der Waals surface area contributed by atoms with Crippen molar-refractivity contribution < 1.29 is 9.53 Å². The summed E-state index contributed by atoms with van der Waals surface area (Å²) >= 11 is 8.56. The molecule has 0 saturated carbocycles. The average Bonchev–Trinajstić information content (AvgIpc) is 2.55. The Morgan fingerprint density at radius 2 is 2.18 bits per heavy atom. The lowest BCUT2D eigenvalue weighted by Crippen LogP contribution is -2.23. The van der Waals surface area contributed by atoms with Gasteiger partial charge in [-0.25, -0.2) is 0 Å². The number of carbonyl (C=O) groups is 1. The molecule has 1 unspecified atom stereocenters. The predicted octanol–water partition coefficient (Wildman–Crippen LogP) is 3.83. The normalized spacial score (nSPS) is 12.8. The molecule has 1 aromatic rings. The summed E-state index contributed by atoms with van der Waals surface area (Å²) in [5, 5.41) is 0. The largest absolute Gasteiger partial charge is 0.466 e. The van der Waals surface area contributed by atoms with Gasteiger partial charge in [0.2, 0.25) is 0 Å². The van der Waals surface area contributed by atoms with Gasteiger partial charge in [-0.2, -0.15) is 0 Å². The zero-order chi connectivity index (χ0) is 13.0. The van der Waals surface area contributed by atoms with Gasteiger partial charge >= 0.3 is 5.97 Å². The summed E-state index contributed by atoms with van der Waals surface area (Å²) in [4.78, 5) is 14.7. The maximum absolute atomic E-state index is 11.6. The van der Waals surface area contributed by atoms with E-state index in [1.54, 1.807) is 11.3 Å². The molecule has 0 aliphatic carbocycles. The maximum atomic E-state index is 11.6. The standard InChI is InChI=1S/C11H15Br2NO2S/c1-4-16-10(15)6-8(14(2)3)9-5-7(12)11(13)17-9/h5,8H,4,6H2,1-3H3. The molecule has 17 heavy (non-hydrogen) atoms. The Bertz CT molecular complexity index is 373. The van der Waals surface area contributed by atoms with Gasteiger partial charge in [0.05, 0.1) is 22.9 Å². The van der Waals surface area contributed by atoms with Crippen LogP contribution in [0.3, 0.4) is 0 Å². The van der Waals surface area contributed by atoms with Crippen molar-refractivity contribution in [3.63, 3.8) is 0 Å². The highest BCUT2D eigenvalue weighted by molar-refractivity contribution is 9.13. The quantitative estimate of drug-likeness (QED) is 0.722. The zero-order valence-electron chi connectivity index (χ0n) is 10.00. The number of nitrogens with zero attached hydrogens (tertiary/aromatic N) is 1. The van der Waals surface area contributed by atoms with Crippen molar-refractivity contribution in [3.8, 4) is 0 Å². The van der Waals surface area contributed by atoms with Crippen LogP contribution in [0.25, 0.3) is 0 Å². The van der Waals surface area contributed by atoms with Gasteiger partial charge in [0.15, 0.2) is 0 Å². The molecule has 0 N–H and O–H groups in total. The molecule has 0 saturated heterocycles. The molecular weight excluding hydrogens is 370 g/mol. The lowest BCUT2D eigenvalue weighted by Gasteiger charge is -2.22. The second-order valence-electron chi connectivity index (χ2n) is 3.76. The summed E-state index contributed by atoms with van der Waals surface area (Å²) in [7, 11) is 3.93. The first-order valence-corrected chi connectivity index (χ1v) is 7.62. The van der Waals surface area contributed by atoms with Crippen molar-refractivity contribution in [2.24, 2.45) is 0 Å². The highest BCUT2D eigenvalue weighted by atomic mass is 79.9. The minimum absolute atomic E-state index is 0.0571. The SMILES string of the molecule is CCOC(=O)CC(c1cc(Br)c(Br)s1)N(C)C. The van der Waals surface area contributed by atoms with Crippen LogP contribution in [0.5, 0.6) is 0 Å². The van der Waals surface area contributed by atoms with Crippen LogP contribution in [0, 0.1) is 0 Å². The third kappa shape index (κ3) is 4.35. The van der Waals surface area contributed by atoms with E-state index in [-0.39, 0.29) is 12.0 Å². The number of rotatable bonds is 5. The minimum Gasteiger partial charge on any atom is -0.466 e. The van der Waals surface area contributed by atoms with E-state index in [2.05, 4.69) is 31.9 Å². The van der Waals surface area contributed by atoms with Gasteiger partial charge in [-0.05, 0) is 58.9 Å². The molecule has 0 spiro atoms. The molecule has 6 heteroatoms. The van der Waals surface area contributed by atoms with E-state index in [0.717, 1.165) is 13.1 Å². The molecule has 96 valence electrons. The molecule has 1 rings (SSSR count). The number of ether oxygens (including phenoxy) is 1. The maximum Gasteiger partial charge on any atom is 0.307 e. The lowest BCUT2D eigenvalue weighted by atomic mass is 10.1. The average molecular weight is 385 g/mol. The van der Waals surface area contributed by atoms with Crippen molar-refractivity contribution in [1.82, 2.24) is 4.90 Å². The minimum atomic E-state index is -0.160. The van der Waals surface area contributed by atoms with Gasteiger partial charge in [-0.1, -0.05) is 0 Å². The highest BCUT2D eigenvalue weighted by Crippen LogP contribution is 2.38. The van der Waals surface area contributed by atoms with Crippen molar-refractivity contribution >= 4 is 49.2 Å². The Balaban J connectivity index is 2.82. The smallest absolute Gasteiger partial charge is 0.307 e. The van der Waals surface area contributed by atoms with E-state index in [4.69, 9.17) is 4.74 Å². The molecule has 0 amide bonds. The molecule has 0 fully saturated rings. The van der Waals surface area contributed by atoms with Crippen molar-refractivity contribution in [3.05, 3.63) is 19.2 Å². The van der Waals surface area contributed by atoms with E-state index in [0.29, 0.717) is 13.0 Å². The molecule has 1 atom stereocenters. The predicted molar refractivity (Wildman–Crippen MR) is 77.4 cm³/mol. The van der Waals surface area contributed by atoms with E-state index in [1.165, 1.54) is 0 Å².